The number of furan rings is 1. The van der Waals surface area contributed by atoms with Gasteiger partial charge in [0.15, 0.2) is 11.6 Å². The van der Waals surface area contributed by atoms with E-state index in [2.05, 4.69) is 25.1 Å². The van der Waals surface area contributed by atoms with E-state index in [4.69, 9.17) is 4.42 Å². The number of nitrogens with one attached hydrogen (secondary N) is 2. The molecule has 0 aliphatic carbocycles. The van der Waals surface area contributed by atoms with E-state index in [0.717, 1.165) is 0 Å². The fraction of sp³-hybridized carbons (Fsp3) is 0.357. The molecular formula is C14H18N6O3S. The summed E-state index contributed by atoms with van der Waals surface area (Å²) >= 11 is 0. The van der Waals surface area contributed by atoms with E-state index >= 15 is 0 Å². The van der Waals surface area contributed by atoms with E-state index in [1.165, 1.54) is 6.07 Å². The lowest BCUT2D eigenvalue weighted by Gasteiger charge is -2.16. The number of hydrogen-bond acceptors (Lipinski definition) is 6. The van der Waals surface area contributed by atoms with Crippen LogP contribution >= 0.6 is 0 Å². The minimum atomic E-state index is -3.83. The molecule has 1 unspecified atom stereocenters. The van der Waals surface area contributed by atoms with Crippen LogP contribution in [0, 0.1) is 0 Å². The van der Waals surface area contributed by atoms with Crippen molar-refractivity contribution in [2.45, 2.75) is 37.9 Å². The summed E-state index contributed by atoms with van der Waals surface area (Å²) in [5.74, 6) is 0.930. The topological polar surface area (TPSA) is 119 Å². The molecule has 0 saturated heterocycles. The Morgan fingerprint density at radius 1 is 1.25 bits per heavy atom. The summed E-state index contributed by atoms with van der Waals surface area (Å²) < 4.78 is 34.8. The van der Waals surface area contributed by atoms with Crippen LogP contribution in [0.4, 0.5) is 0 Å². The smallest absolute Gasteiger partial charge is 0.274 e. The average molecular weight is 350 g/mol. The van der Waals surface area contributed by atoms with Gasteiger partial charge < -0.3 is 8.98 Å². The zero-order valence-electron chi connectivity index (χ0n) is 13.5. The maximum atomic E-state index is 12.5. The van der Waals surface area contributed by atoms with Gasteiger partial charge in [0.25, 0.3) is 10.0 Å². The maximum absolute atomic E-state index is 12.5. The summed E-state index contributed by atoms with van der Waals surface area (Å²) in [6, 6.07) is 4.23. The zero-order chi connectivity index (χ0) is 17.3. The number of sulfonamides is 1. The Bertz CT molecular complexity index is 910. The Balaban J connectivity index is 1.82. The molecular weight excluding hydrogens is 332 g/mol. The molecule has 9 nitrogen and oxygen atoms in total. The van der Waals surface area contributed by atoms with Crippen LogP contribution < -0.4 is 4.72 Å². The second-order valence-corrected chi connectivity index (χ2v) is 7.27. The van der Waals surface area contributed by atoms with Crippen molar-refractivity contribution in [3.8, 4) is 11.5 Å². The van der Waals surface area contributed by atoms with Gasteiger partial charge in [-0.2, -0.15) is 9.82 Å². The van der Waals surface area contributed by atoms with Crippen molar-refractivity contribution in [3.05, 3.63) is 36.5 Å². The third-order valence-electron chi connectivity index (χ3n) is 3.49. The Morgan fingerprint density at radius 3 is 2.71 bits per heavy atom. The molecule has 0 aliphatic heterocycles. The van der Waals surface area contributed by atoms with Gasteiger partial charge in [-0.05, 0) is 39.0 Å². The fourth-order valence-corrected chi connectivity index (χ4v) is 3.44. The molecule has 0 saturated carbocycles. The van der Waals surface area contributed by atoms with Crippen LogP contribution in [0.25, 0.3) is 11.5 Å². The van der Waals surface area contributed by atoms with E-state index in [1.807, 2.05) is 18.4 Å². The van der Waals surface area contributed by atoms with E-state index in [0.29, 0.717) is 17.3 Å². The summed E-state index contributed by atoms with van der Waals surface area (Å²) in [6.07, 6.45) is 3.14. The number of rotatable bonds is 6. The van der Waals surface area contributed by atoms with Gasteiger partial charge in [-0.1, -0.05) is 0 Å². The Morgan fingerprint density at radius 2 is 2.04 bits per heavy atom. The van der Waals surface area contributed by atoms with Crippen molar-refractivity contribution in [2.75, 3.05) is 0 Å². The Labute approximate surface area is 139 Å². The van der Waals surface area contributed by atoms with Crippen molar-refractivity contribution >= 4 is 10.0 Å². The molecule has 3 aromatic rings. The largest absolute Gasteiger partial charge is 0.442 e. The Kier molecular flexibility index (Phi) is 4.24. The second-order valence-electron chi connectivity index (χ2n) is 5.62. The van der Waals surface area contributed by atoms with Gasteiger partial charge in [0.05, 0.1) is 6.04 Å². The molecule has 0 radical (unpaired) electrons. The summed E-state index contributed by atoms with van der Waals surface area (Å²) in [7, 11) is -3.83. The van der Waals surface area contributed by atoms with E-state index < -0.39 is 16.1 Å². The van der Waals surface area contributed by atoms with Crippen LogP contribution in [0.1, 0.15) is 38.7 Å². The average Bonchev–Trinajstić information content (AvgIpc) is 3.26. The lowest BCUT2D eigenvalue weighted by Crippen LogP contribution is -2.29. The van der Waals surface area contributed by atoms with Crippen LogP contribution in [0.3, 0.4) is 0 Å². The summed E-state index contributed by atoms with van der Waals surface area (Å²) in [5, 5.41) is 14.2. The van der Waals surface area contributed by atoms with E-state index in [1.54, 1.807) is 31.6 Å². The molecule has 0 spiro atoms. The van der Waals surface area contributed by atoms with Crippen LogP contribution in [0.15, 0.2) is 40.2 Å². The molecule has 128 valence electrons. The second kappa shape index (κ2) is 6.21. The quantitative estimate of drug-likeness (QED) is 0.700. The lowest BCUT2D eigenvalue weighted by molar-refractivity contribution is 0.447. The highest BCUT2D eigenvalue weighted by molar-refractivity contribution is 7.89. The lowest BCUT2D eigenvalue weighted by atomic mass is 10.3. The minimum Gasteiger partial charge on any atom is -0.442 e. The molecule has 24 heavy (non-hydrogen) atoms. The molecule has 3 aromatic heterocycles. The van der Waals surface area contributed by atoms with Gasteiger partial charge in [0.1, 0.15) is 12.0 Å². The fourth-order valence-electron chi connectivity index (χ4n) is 2.31. The molecule has 3 rings (SSSR count). The van der Waals surface area contributed by atoms with Gasteiger partial charge >= 0.3 is 0 Å². The molecule has 2 N–H and O–H groups in total. The van der Waals surface area contributed by atoms with Gasteiger partial charge in [0.2, 0.25) is 5.09 Å². The van der Waals surface area contributed by atoms with Crippen molar-refractivity contribution in [1.82, 2.24) is 29.7 Å². The molecule has 10 heteroatoms. The summed E-state index contributed by atoms with van der Waals surface area (Å²) in [4.78, 5) is 0. The molecule has 0 aliphatic rings. The highest BCUT2D eigenvalue weighted by Crippen LogP contribution is 2.24. The number of nitrogens with zero attached hydrogens (tertiary/aromatic N) is 4. The predicted octanol–water partition coefficient (Wildman–Crippen LogP) is 1.88. The first-order valence-corrected chi connectivity index (χ1v) is 8.88. The SMILES string of the molecule is CC(NS(=O)(=O)c1ccc(-c2ccn[nH]2)o1)c1nncn1C(C)C. The van der Waals surface area contributed by atoms with Crippen molar-refractivity contribution in [3.63, 3.8) is 0 Å². The Hall–Kier alpha value is -2.46. The van der Waals surface area contributed by atoms with Crippen molar-refractivity contribution < 1.29 is 12.8 Å². The zero-order valence-corrected chi connectivity index (χ0v) is 14.3. The van der Waals surface area contributed by atoms with Gasteiger partial charge in [-0.25, -0.2) is 8.42 Å². The van der Waals surface area contributed by atoms with Crippen molar-refractivity contribution in [1.29, 1.82) is 0 Å². The number of aromatic amines is 1. The standard InChI is InChI=1S/C14H18N6O3S/c1-9(2)20-8-16-18-14(20)10(3)19-24(21,22)13-5-4-12(23-13)11-6-7-15-17-11/h4-10,19H,1-3H3,(H,15,17). The number of hydrogen-bond donors (Lipinski definition) is 2. The maximum Gasteiger partial charge on any atom is 0.274 e. The minimum absolute atomic E-state index is 0.123. The highest BCUT2D eigenvalue weighted by atomic mass is 32.2. The van der Waals surface area contributed by atoms with Crippen LogP contribution in [-0.4, -0.2) is 33.4 Å². The van der Waals surface area contributed by atoms with Gasteiger partial charge in [-0.15, -0.1) is 10.2 Å². The van der Waals surface area contributed by atoms with Crippen LogP contribution in [-0.2, 0) is 10.0 Å². The molecule has 0 fully saturated rings. The number of H-pyrrole nitrogens is 1. The highest BCUT2D eigenvalue weighted by Gasteiger charge is 2.25. The molecule has 0 bridgehead atoms. The summed E-state index contributed by atoms with van der Waals surface area (Å²) in [5.41, 5.74) is 0.601. The van der Waals surface area contributed by atoms with Gasteiger partial charge in [-0.3, -0.25) is 5.10 Å². The third-order valence-corrected chi connectivity index (χ3v) is 4.90. The van der Waals surface area contributed by atoms with Crippen LogP contribution in [0.2, 0.25) is 0 Å². The molecule has 0 amide bonds. The van der Waals surface area contributed by atoms with E-state index in [9.17, 15) is 8.42 Å². The number of aromatic nitrogens is 5. The molecule has 0 aromatic carbocycles. The molecule has 1 atom stereocenters. The summed E-state index contributed by atoms with van der Waals surface area (Å²) in [6.45, 7) is 5.65. The molecule has 3 heterocycles. The third kappa shape index (κ3) is 3.10. The first-order valence-electron chi connectivity index (χ1n) is 7.40. The van der Waals surface area contributed by atoms with Crippen LogP contribution in [0.5, 0.6) is 0 Å². The van der Waals surface area contributed by atoms with Gasteiger partial charge in [0, 0.05) is 12.2 Å². The van der Waals surface area contributed by atoms with E-state index in [-0.39, 0.29) is 11.1 Å². The first-order chi connectivity index (χ1) is 11.4. The normalized spacial score (nSPS) is 13.5. The monoisotopic (exact) mass is 350 g/mol. The predicted molar refractivity (Wildman–Crippen MR) is 85.4 cm³/mol. The first kappa shape index (κ1) is 16.4. The van der Waals surface area contributed by atoms with Crippen molar-refractivity contribution in [2.24, 2.45) is 0 Å².